The molecule has 0 amide bonds. The third-order valence-corrected chi connectivity index (χ3v) is 3.85. The molecule has 1 heterocycles. The van der Waals surface area contributed by atoms with Gasteiger partial charge in [0.15, 0.2) is 0 Å². The fraction of sp³-hybridized carbons (Fsp3) is 0.412. The number of aliphatic hydroxyl groups is 1. The maximum Gasteiger partial charge on any atom is 0.219 e. The molecule has 2 rings (SSSR count). The first-order chi connectivity index (χ1) is 11.5. The molecular formula is C17H22ClN3O3. The van der Waals surface area contributed by atoms with Gasteiger partial charge in [0.05, 0.1) is 13.2 Å². The molecule has 0 saturated carbocycles. The molecule has 0 aliphatic carbocycles. The molecule has 2 aromatic rings. The lowest BCUT2D eigenvalue weighted by atomic mass is 9.86. The fourth-order valence-electron chi connectivity index (χ4n) is 2.21. The average molecular weight is 352 g/mol. The van der Waals surface area contributed by atoms with Crippen molar-refractivity contribution in [3.8, 4) is 5.75 Å². The first-order valence-electron chi connectivity index (χ1n) is 7.57. The van der Waals surface area contributed by atoms with E-state index in [0.717, 1.165) is 0 Å². The van der Waals surface area contributed by atoms with Gasteiger partial charge in [0.1, 0.15) is 24.5 Å². The van der Waals surface area contributed by atoms with Crippen LogP contribution in [0, 0.1) is 5.41 Å². The lowest BCUT2D eigenvalue weighted by Gasteiger charge is -2.37. The first-order valence-corrected chi connectivity index (χ1v) is 7.95. The molecule has 2 atom stereocenters. The average Bonchev–Trinajstić information content (AvgIpc) is 3.10. The summed E-state index contributed by atoms with van der Waals surface area (Å²) in [6.45, 7) is 7.72. The maximum atomic E-state index is 9.79. The Morgan fingerprint density at radius 1 is 1.38 bits per heavy atom. The van der Waals surface area contributed by atoms with E-state index in [0.29, 0.717) is 17.4 Å². The number of benzene rings is 1. The van der Waals surface area contributed by atoms with Crippen LogP contribution in [0.5, 0.6) is 5.75 Å². The summed E-state index contributed by atoms with van der Waals surface area (Å²) < 4.78 is 13.6. The number of hydrogen-bond donors (Lipinski definition) is 1. The Bertz CT molecular complexity index is 629. The number of nitrogens with zero attached hydrogens (tertiary/aromatic N) is 3. The van der Waals surface area contributed by atoms with E-state index in [4.69, 9.17) is 21.1 Å². The lowest BCUT2D eigenvalue weighted by molar-refractivity contribution is -0.125. The minimum absolute atomic E-state index is 0.0794. The monoisotopic (exact) mass is 351 g/mol. The highest BCUT2D eigenvalue weighted by atomic mass is 35.5. The number of hydrogen-bond acceptors (Lipinski definition) is 5. The zero-order valence-corrected chi connectivity index (χ0v) is 14.6. The van der Waals surface area contributed by atoms with Crippen LogP contribution in [-0.2, 0) is 4.74 Å². The van der Waals surface area contributed by atoms with Crippen LogP contribution >= 0.6 is 11.6 Å². The maximum absolute atomic E-state index is 9.79. The Labute approximate surface area is 146 Å². The summed E-state index contributed by atoms with van der Waals surface area (Å²) in [4.78, 5) is 3.98. The second-order valence-corrected chi connectivity index (χ2v) is 6.46. The number of aromatic nitrogens is 3. The van der Waals surface area contributed by atoms with Gasteiger partial charge in [-0.05, 0) is 24.3 Å². The second-order valence-electron chi connectivity index (χ2n) is 6.03. The first kappa shape index (κ1) is 18.4. The molecule has 0 radical (unpaired) electrons. The van der Waals surface area contributed by atoms with Crippen LogP contribution in [0.1, 0.15) is 20.1 Å². The lowest BCUT2D eigenvalue weighted by Crippen LogP contribution is -2.44. The van der Waals surface area contributed by atoms with Gasteiger partial charge in [-0.3, -0.25) is 0 Å². The largest absolute Gasteiger partial charge is 0.466 e. The molecule has 0 aliphatic rings. The summed E-state index contributed by atoms with van der Waals surface area (Å²) in [7, 11) is 0. The molecule has 1 N–H and O–H groups in total. The molecule has 0 spiro atoms. The van der Waals surface area contributed by atoms with E-state index in [1.165, 1.54) is 6.33 Å². The summed E-state index contributed by atoms with van der Waals surface area (Å²) in [6, 6.07) is 7.02. The summed E-state index contributed by atoms with van der Waals surface area (Å²) in [6.07, 6.45) is 3.53. The van der Waals surface area contributed by atoms with Crippen LogP contribution < -0.4 is 4.74 Å². The van der Waals surface area contributed by atoms with Gasteiger partial charge in [-0.2, -0.15) is 5.10 Å². The predicted molar refractivity (Wildman–Crippen MR) is 91.9 cm³/mol. The van der Waals surface area contributed by atoms with Crippen LogP contribution in [0.4, 0.5) is 0 Å². The van der Waals surface area contributed by atoms with Crippen molar-refractivity contribution in [1.82, 2.24) is 14.8 Å². The fourth-order valence-corrected chi connectivity index (χ4v) is 2.34. The topological polar surface area (TPSA) is 69.4 Å². The molecule has 6 nitrogen and oxygen atoms in total. The summed E-state index contributed by atoms with van der Waals surface area (Å²) in [5, 5.41) is 14.6. The van der Waals surface area contributed by atoms with Crippen LogP contribution in [0.2, 0.25) is 5.02 Å². The molecule has 0 aliphatic heterocycles. The highest BCUT2D eigenvalue weighted by molar-refractivity contribution is 6.30. The Hall–Kier alpha value is -1.89. The van der Waals surface area contributed by atoms with Crippen LogP contribution in [-0.4, -0.2) is 39.2 Å². The van der Waals surface area contributed by atoms with E-state index in [9.17, 15) is 5.11 Å². The van der Waals surface area contributed by atoms with E-state index in [2.05, 4.69) is 16.7 Å². The Kier molecular flexibility index (Phi) is 6.36. The number of halogens is 1. The summed E-state index contributed by atoms with van der Waals surface area (Å²) >= 11 is 5.92. The normalized spacial score (nSPS) is 14.2. The smallest absolute Gasteiger partial charge is 0.219 e. The van der Waals surface area contributed by atoms with E-state index < -0.39 is 17.7 Å². The van der Waals surface area contributed by atoms with Crippen molar-refractivity contribution in [3.63, 3.8) is 0 Å². The Balaban J connectivity index is 2.35. The van der Waals surface area contributed by atoms with Gasteiger partial charge < -0.3 is 14.6 Å². The molecular weight excluding hydrogens is 330 g/mol. The highest BCUT2D eigenvalue weighted by Gasteiger charge is 2.39. The predicted octanol–water partition coefficient (Wildman–Crippen LogP) is 3.10. The number of aliphatic hydroxyl groups excluding tert-OH is 1. The SMILES string of the molecule is C=CCOC(C(Oc1ccc(Cl)cc1)n1cncn1)C(C)(C)CO. The zero-order chi connectivity index (χ0) is 17.6. The van der Waals surface area contributed by atoms with E-state index in [1.807, 2.05) is 13.8 Å². The Morgan fingerprint density at radius 3 is 2.62 bits per heavy atom. The molecule has 0 saturated heterocycles. The Morgan fingerprint density at radius 2 is 2.08 bits per heavy atom. The second kappa shape index (κ2) is 8.28. The quantitative estimate of drug-likeness (QED) is 0.703. The van der Waals surface area contributed by atoms with Gasteiger partial charge in [0.25, 0.3) is 0 Å². The minimum Gasteiger partial charge on any atom is -0.466 e. The van der Waals surface area contributed by atoms with E-state index in [-0.39, 0.29) is 6.61 Å². The van der Waals surface area contributed by atoms with Crippen molar-refractivity contribution in [2.45, 2.75) is 26.2 Å². The van der Waals surface area contributed by atoms with Gasteiger partial charge in [-0.15, -0.1) is 6.58 Å². The highest BCUT2D eigenvalue weighted by Crippen LogP contribution is 2.33. The molecule has 1 aromatic carbocycles. The summed E-state index contributed by atoms with van der Waals surface area (Å²) in [5.41, 5.74) is -0.577. The third kappa shape index (κ3) is 4.56. The zero-order valence-electron chi connectivity index (χ0n) is 13.8. The van der Waals surface area contributed by atoms with Gasteiger partial charge in [0.2, 0.25) is 6.23 Å². The van der Waals surface area contributed by atoms with E-state index >= 15 is 0 Å². The van der Waals surface area contributed by atoms with Crippen LogP contribution in [0.3, 0.4) is 0 Å². The molecule has 130 valence electrons. The van der Waals surface area contributed by atoms with Crippen molar-refractivity contribution in [3.05, 3.63) is 54.6 Å². The molecule has 24 heavy (non-hydrogen) atoms. The van der Waals surface area contributed by atoms with E-state index in [1.54, 1.807) is 41.4 Å². The molecule has 0 fully saturated rings. The van der Waals surface area contributed by atoms with Gasteiger partial charge >= 0.3 is 0 Å². The van der Waals surface area contributed by atoms with Gasteiger partial charge in [-0.1, -0.05) is 31.5 Å². The minimum atomic E-state index is -0.615. The van der Waals surface area contributed by atoms with Crippen molar-refractivity contribution in [2.24, 2.45) is 5.41 Å². The van der Waals surface area contributed by atoms with Crippen molar-refractivity contribution < 1.29 is 14.6 Å². The van der Waals surface area contributed by atoms with Gasteiger partial charge in [-0.25, -0.2) is 9.67 Å². The van der Waals surface area contributed by atoms with Crippen molar-refractivity contribution >= 4 is 11.6 Å². The molecule has 1 aromatic heterocycles. The van der Waals surface area contributed by atoms with Crippen molar-refractivity contribution in [2.75, 3.05) is 13.2 Å². The molecule has 0 bridgehead atoms. The van der Waals surface area contributed by atoms with Crippen LogP contribution in [0.15, 0.2) is 49.6 Å². The molecule has 7 heteroatoms. The third-order valence-electron chi connectivity index (χ3n) is 3.60. The standard InChI is InChI=1S/C17H22ClN3O3/c1-4-9-23-15(17(2,3)10-22)16(21-12-19-11-20-21)24-14-7-5-13(18)6-8-14/h4-8,11-12,15-16,22H,1,9-10H2,2-3H3. The number of rotatable bonds is 9. The summed E-state index contributed by atoms with van der Waals surface area (Å²) in [5.74, 6) is 0.612. The molecule has 2 unspecified atom stereocenters. The van der Waals surface area contributed by atoms with Crippen LogP contribution in [0.25, 0.3) is 0 Å². The number of ether oxygens (including phenoxy) is 2. The van der Waals surface area contributed by atoms with Crippen molar-refractivity contribution in [1.29, 1.82) is 0 Å². The van der Waals surface area contributed by atoms with Gasteiger partial charge in [0, 0.05) is 10.4 Å².